The minimum Gasteiger partial charge on any atom is -0.495 e. The SMILES string of the molecule is COc1ccc(C(F)(F)F)cc1NC(=O)CN1C(=O)S/C(=C\c2cn(Cc3ccc4ccccc4c3)c3ccccc23)C1=O. The van der Waals surface area contributed by atoms with Crippen LogP contribution in [0.3, 0.4) is 0 Å². The summed E-state index contributed by atoms with van der Waals surface area (Å²) in [5.41, 5.74) is 1.56. The molecule has 1 N–H and O–H groups in total. The minimum absolute atomic E-state index is 0.000430. The van der Waals surface area contributed by atoms with E-state index in [4.69, 9.17) is 4.74 Å². The molecule has 0 aliphatic carbocycles. The van der Waals surface area contributed by atoms with Crippen molar-refractivity contribution in [1.29, 1.82) is 0 Å². The lowest BCUT2D eigenvalue weighted by Gasteiger charge is -2.16. The molecule has 6 rings (SSSR count). The normalized spacial score (nSPS) is 14.6. The van der Waals surface area contributed by atoms with Crippen molar-refractivity contribution in [1.82, 2.24) is 9.47 Å². The number of para-hydroxylation sites is 1. The molecular weight excluding hydrogens is 591 g/mol. The lowest BCUT2D eigenvalue weighted by atomic mass is 10.1. The second kappa shape index (κ2) is 11.6. The smallest absolute Gasteiger partial charge is 0.416 e. The molecule has 7 nitrogen and oxygen atoms in total. The maximum absolute atomic E-state index is 13.2. The van der Waals surface area contributed by atoms with Crippen LogP contribution >= 0.6 is 11.8 Å². The fraction of sp³-hybridized carbons (Fsp3) is 0.121. The Kier molecular flexibility index (Phi) is 7.64. The van der Waals surface area contributed by atoms with E-state index in [9.17, 15) is 27.6 Å². The van der Waals surface area contributed by atoms with Crippen LogP contribution in [0.4, 0.5) is 23.7 Å². The largest absolute Gasteiger partial charge is 0.495 e. The Bertz CT molecular complexity index is 1980. The molecule has 1 aliphatic heterocycles. The van der Waals surface area contributed by atoms with Gasteiger partial charge in [0.2, 0.25) is 5.91 Å². The van der Waals surface area contributed by atoms with E-state index in [0.717, 1.165) is 55.9 Å². The number of hydrogen-bond donors (Lipinski definition) is 1. The van der Waals surface area contributed by atoms with E-state index in [-0.39, 0.29) is 16.3 Å². The molecule has 0 atom stereocenters. The average molecular weight is 616 g/mol. The molecule has 0 unspecified atom stereocenters. The van der Waals surface area contributed by atoms with Crippen LogP contribution in [0.2, 0.25) is 0 Å². The Morgan fingerprint density at radius 3 is 2.48 bits per heavy atom. The zero-order chi connectivity index (χ0) is 31.0. The Hall–Kier alpha value is -5.03. The standard InChI is InChI=1S/C33H24F3N3O4S/c1-43-28-13-12-24(33(34,35)36)16-26(28)37-30(40)19-39-31(41)29(44-32(39)42)15-23-18-38(27-9-5-4-8-25(23)27)17-20-10-11-21-6-2-3-7-22(21)14-20/h2-16,18H,17,19H2,1H3,(H,37,40)/b29-15-. The van der Waals surface area contributed by atoms with Gasteiger partial charge in [-0.05, 0) is 64.5 Å². The van der Waals surface area contributed by atoms with E-state index >= 15 is 0 Å². The number of carbonyl (C=O) groups excluding carboxylic acids is 3. The number of fused-ring (bicyclic) bond motifs is 2. The van der Waals surface area contributed by atoms with Crippen LogP contribution in [0, 0.1) is 0 Å². The topological polar surface area (TPSA) is 80.6 Å². The highest BCUT2D eigenvalue weighted by molar-refractivity contribution is 8.18. The van der Waals surface area contributed by atoms with Gasteiger partial charge in [-0.1, -0.05) is 54.6 Å². The number of aromatic nitrogens is 1. The van der Waals surface area contributed by atoms with Crippen molar-refractivity contribution in [2.75, 3.05) is 19.0 Å². The third-order valence-corrected chi connectivity index (χ3v) is 8.16. The lowest BCUT2D eigenvalue weighted by molar-refractivity contribution is -0.137. The van der Waals surface area contributed by atoms with Gasteiger partial charge in [-0.2, -0.15) is 13.2 Å². The van der Waals surface area contributed by atoms with Crippen molar-refractivity contribution in [2.45, 2.75) is 12.7 Å². The third-order valence-electron chi connectivity index (χ3n) is 7.25. The number of anilines is 1. The number of imide groups is 1. The Balaban J connectivity index is 1.22. The van der Waals surface area contributed by atoms with Crippen LogP contribution in [0.25, 0.3) is 27.8 Å². The number of methoxy groups -OCH3 is 1. The highest BCUT2D eigenvalue weighted by Crippen LogP contribution is 2.36. The highest BCUT2D eigenvalue weighted by Gasteiger charge is 2.37. The molecule has 3 amide bonds. The van der Waals surface area contributed by atoms with Crippen molar-refractivity contribution in [3.8, 4) is 5.75 Å². The summed E-state index contributed by atoms with van der Waals surface area (Å²) in [5.74, 6) is -1.52. The summed E-state index contributed by atoms with van der Waals surface area (Å²) in [6.45, 7) is -0.0923. The summed E-state index contributed by atoms with van der Waals surface area (Å²) in [7, 11) is 1.25. The van der Waals surface area contributed by atoms with Crippen molar-refractivity contribution >= 4 is 62.3 Å². The third kappa shape index (κ3) is 5.78. The number of halogens is 3. The molecule has 5 aromatic rings. The summed E-state index contributed by atoms with van der Waals surface area (Å²) >= 11 is 0.697. The maximum atomic E-state index is 13.2. The molecule has 0 spiro atoms. The Morgan fingerprint density at radius 2 is 1.70 bits per heavy atom. The van der Waals surface area contributed by atoms with Gasteiger partial charge in [0.05, 0.1) is 23.3 Å². The van der Waals surface area contributed by atoms with Crippen LogP contribution in [-0.2, 0) is 22.3 Å². The van der Waals surface area contributed by atoms with Crippen molar-refractivity contribution < 1.29 is 32.3 Å². The molecule has 0 bridgehead atoms. The monoisotopic (exact) mass is 615 g/mol. The summed E-state index contributed by atoms with van der Waals surface area (Å²) in [5, 5.41) is 4.83. The number of alkyl halides is 3. The first-order valence-electron chi connectivity index (χ1n) is 13.5. The number of nitrogens with one attached hydrogen (secondary N) is 1. The Morgan fingerprint density at radius 1 is 0.955 bits per heavy atom. The number of amides is 3. The molecule has 1 aromatic heterocycles. The molecular formula is C33H24F3N3O4S. The van der Waals surface area contributed by atoms with E-state index in [2.05, 4.69) is 40.2 Å². The first-order valence-corrected chi connectivity index (χ1v) is 14.3. The number of nitrogens with zero attached hydrogens (tertiary/aromatic N) is 2. The summed E-state index contributed by atoms with van der Waals surface area (Å²) in [6, 6.07) is 24.8. The molecule has 0 radical (unpaired) electrons. The second-order valence-electron chi connectivity index (χ2n) is 10.1. The molecule has 2 heterocycles. The van der Waals surface area contributed by atoms with Gasteiger partial charge in [0.15, 0.2) is 0 Å². The van der Waals surface area contributed by atoms with E-state index < -0.39 is 35.3 Å². The molecule has 4 aromatic carbocycles. The number of rotatable bonds is 7. The molecule has 1 fully saturated rings. The predicted molar refractivity (Wildman–Crippen MR) is 164 cm³/mol. The maximum Gasteiger partial charge on any atom is 0.416 e. The minimum atomic E-state index is -4.64. The van der Waals surface area contributed by atoms with Gasteiger partial charge in [-0.15, -0.1) is 0 Å². The van der Waals surface area contributed by atoms with E-state index in [1.807, 2.05) is 42.6 Å². The van der Waals surface area contributed by atoms with Crippen LogP contribution in [-0.4, -0.2) is 40.2 Å². The number of thioether (sulfide) groups is 1. The summed E-state index contributed by atoms with van der Waals surface area (Å²) in [4.78, 5) is 39.7. The quantitative estimate of drug-likeness (QED) is 0.191. The van der Waals surface area contributed by atoms with Gasteiger partial charge < -0.3 is 14.6 Å². The molecule has 1 saturated heterocycles. The molecule has 1 aliphatic rings. The highest BCUT2D eigenvalue weighted by atomic mass is 32.2. The fourth-order valence-corrected chi connectivity index (χ4v) is 5.98. The van der Waals surface area contributed by atoms with Crippen LogP contribution in [0.1, 0.15) is 16.7 Å². The zero-order valence-corrected chi connectivity index (χ0v) is 24.0. The number of ether oxygens (including phenoxy) is 1. The average Bonchev–Trinajstić information content (AvgIpc) is 3.48. The van der Waals surface area contributed by atoms with Crippen molar-refractivity contribution in [3.63, 3.8) is 0 Å². The molecule has 44 heavy (non-hydrogen) atoms. The fourth-order valence-electron chi connectivity index (χ4n) is 5.15. The first kappa shape index (κ1) is 29.1. The molecule has 11 heteroatoms. The van der Waals surface area contributed by atoms with Gasteiger partial charge in [-0.25, -0.2) is 0 Å². The molecule has 0 saturated carbocycles. The van der Waals surface area contributed by atoms with Crippen LogP contribution < -0.4 is 10.1 Å². The van der Waals surface area contributed by atoms with Gasteiger partial charge in [0.1, 0.15) is 12.3 Å². The second-order valence-corrected chi connectivity index (χ2v) is 11.1. The van der Waals surface area contributed by atoms with Crippen LogP contribution in [0.15, 0.2) is 96.0 Å². The predicted octanol–water partition coefficient (Wildman–Crippen LogP) is 7.55. The van der Waals surface area contributed by atoms with Gasteiger partial charge in [0, 0.05) is 29.2 Å². The first-order chi connectivity index (χ1) is 21.1. The zero-order valence-electron chi connectivity index (χ0n) is 23.2. The van der Waals surface area contributed by atoms with Gasteiger partial charge >= 0.3 is 6.18 Å². The number of hydrogen-bond acceptors (Lipinski definition) is 5. The summed E-state index contributed by atoms with van der Waals surface area (Å²) < 4.78 is 46.7. The van der Waals surface area contributed by atoms with Crippen molar-refractivity contribution in [2.24, 2.45) is 0 Å². The van der Waals surface area contributed by atoms with E-state index in [1.165, 1.54) is 7.11 Å². The number of benzene rings is 4. The van der Waals surface area contributed by atoms with Crippen LogP contribution in [0.5, 0.6) is 5.75 Å². The van der Waals surface area contributed by atoms with Crippen molar-refractivity contribution in [3.05, 3.63) is 113 Å². The van der Waals surface area contributed by atoms with Gasteiger partial charge in [0.25, 0.3) is 11.1 Å². The van der Waals surface area contributed by atoms with E-state index in [0.29, 0.717) is 18.3 Å². The molecule has 222 valence electrons. The lowest BCUT2D eigenvalue weighted by Crippen LogP contribution is -2.36. The van der Waals surface area contributed by atoms with Gasteiger partial charge in [-0.3, -0.25) is 19.3 Å². The number of carbonyl (C=O) groups is 3. The summed E-state index contributed by atoms with van der Waals surface area (Å²) in [6.07, 6.45) is -1.10. The van der Waals surface area contributed by atoms with E-state index in [1.54, 1.807) is 6.08 Å². The Labute approximate surface area is 253 Å².